The van der Waals surface area contributed by atoms with Crippen LogP contribution in [0.4, 0.5) is 0 Å². The molecule has 2 heteroatoms. The van der Waals surface area contributed by atoms with Gasteiger partial charge in [-0.15, -0.1) is 32.9 Å². The van der Waals surface area contributed by atoms with E-state index in [0.29, 0.717) is 0 Å². The second-order valence-electron chi connectivity index (χ2n) is 5.69. The lowest BCUT2D eigenvalue weighted by molar-refractivity contribution is -0.701. The molecule has 0 saturated heterocycles. The lowest BCUT2D eigenvalue weighted by Gasteiger charge is -2.19. The smallest absolute Gasteiger partial charge is 0.189 e. The van der Waals surface area contributed by atoms with Crippen LogP contribution >= 0.6 is 0 Å². The predicted molar refractivity (Wildman–Crippen MR) is 106 cm³/mol. The summed E-state index contributed by atoms with van der Waals surface area (Å²) in [6.07, 6.45) is 15.9. The lowest BCUT2D eigenvalue weighted by atomic mass is 9.89. The number of hydrogen-bond acceptors (Lipinski definition) is 0. The van der Waals surface area contributed by atoms with Gasteiger partial charge in [-0.2, -0.15) is 4.57 Å². The van der Waals surface area contributed by atoms with Gasteiger partial charge in [-0.1, -0.05) is 37.0 Å². The van der Waals surface area contributed by atoms with E-state index in [-0.39, 0.29) is 17.0 Å². The van der Waals surface area contributed by atoms with Gasteiger partial charge >= 0.3 is 0 Å². The fourth-order valence-electron chi connectivity index (χ4n) is 3.27. The lowest BCUT2D eigenvalue weighted by Crippen LogP contribution is -3.00. The quantitative estimate of drug-likeness (QED) is 0.372. The van der Waals surface area contributed by atoms with E-state index in [0.717, 1.165) is 38.6 Å². The number of pyridine rings is 1. The van der Waals surface area contributed by atoms with E-state index < -0.39 is 0 Å². The van der Waals surface area contributed by atoms with Crippen molar-refractivity contribution in [1.29, 1.82) is 0 Å². The average molecular weight is 400 g/mol. The van der Waals surface area contributed by atoms with Crippen LogP contribution in [0.2, 0.25) is 0 Å². The van der Waals surface area contributed by atoms with Gasteiger partial charge < -0.3 is 17.0 Å². The number of rotatable bonds is 12. The Morgan fingerprint density at radius 3 is 1.20 bits per heavy atom. The van der Waals surface area contributed by atoms with Crippen molar-refractivity contribution in [3.8, 4) is 0 Å². The molecular formula is C23H30BrN. The molecule has 0 N–H and O–H groups in total. The van der Waals surface area contributed by atoms with Crippen LogP contribution in [0, 0.1) is 0 Å². The number of allylic oxidation sites excluding steroid dienone is 6. The summed E-state index contributed by atoms with van der Waals surface area (Å²) in [7, 11) is 0. The van der Waals surface area contributed by atoms with Crippen LogP contribution in [0.1, 0.15) is 28.1 Å². The predicted octanol–water partition coefficient (Wildman–Crippen LogP) is 1.81. The Labute approximate surface area is 164 Å². The summed E-state index contributed by atoms with van der Waals surface area (Å²) in [6.45, 7) is 24.5. The van der Waals surface area contributed by atoms with Crippen molar-refractivity contribution in [3.05, 3.63) is 104 Å². The molecule has 25 heavy (non-hydrogen) atoms. The number of nitrogens with zero attached hydrogens (tertiary/aromatic N) is 1. The van der Waals surface area contributed by atoms with Gasteiger partial charge in [0.15, 0.2) is 17.9 Å². The Morgan fingerprint density at radius 1 is 0.520 bits per heavy atom. The van der Waals surface area contributed by atoms with E-state index in [1.165, 1.54) is 28.1 Å². The first-order chi connectivity index (χ1) is 11.7. The normalized spacial score (nSPS) is 9.60. The van der Waals surface area contributed by atoms with Gasteiger partial charge in [-0.3, -0.25) is 0 Å². The van der Waals surface area contributed by atoms with Crippen LogP contribution in [0.15, 0.2) is 75.9 Å². The van der Waals surface area contributed by atoms with Crippen molar-refractivity contribution in [2.24, 2.45) is 0 Å². The van der Waals surface area contributed by atoms with Crippen LogP contribution in [-0.2, 0) is 38.6 Å². The second kappa shape index (κ2) is 12.4. The molecule has 134 valence electrons. The van der Waals surface area contributed by atoms with Gasteiger partial charge in [-0.05, 0) is 30.9 Å². The molecule has 0 aromatic carbocycles. The van der Waals surface area contributed by atoms with Crippen molar-refractivity contribution >= 4 is 0 Å². The van der Waals surface area contributed by atoms with Crippen molar-refractivity contribution < 1.29 is 21.5 Å². The average Bonchev–Trinajstić information content (AvgIpc) is 2.57. The molecule has 0 radical (unpaired) electrons. The Balaban J connectivity index is 0.00000576. The van der Waals surface area contributed by atoms with Crippen LogP contribution in [-0.4, -0.2) is 0 Å². The van der Waals surface area contributed by atoms with Crippen LogP contribution < -0.4 is 21.5 Å². The molecule has 1 aromatic heterocycles. The maximum Gasteiger partial charge on any atom is 0.189 e. The molecule has 0 spiro atoms. The SMILES string of the molecule is C=CCc1c(CC=C)c(CC=C)[n+](CC=C)c(CC=C)c1CC=C.[Br-]. The Bertz CT molecular complexity index is 486. The summed E-state index contributed by atoms with van der Waals surface area (Å²) in [5.41, 5.74) is 6.57. The molecule has 0 aliphatic carbocycles. The summed E-state index contributed by atoms with van der Waals surface area (Å²) in [5, 5.41) is 0. The first-order valence-electron chi connectivity index (χ1n) is 8.43. The highest BCUT2D eigenvalue weighted by Gasteiger charge is 2.26. The zero-order valence-electron chi connectivity index (χ0n) is 15.3. The third-order valence-electron chi connectivity index (χ3n) is 4.11. The van der Waals surface area contributed by atoms with Gasteiger partial charge in [-0.25, -0.2) is 0 Å². The standard InChI is InChI=1S/C23H30N.BrH/c1-7-13-19-20(14-8-2)22(16-10-4)24(18-12-6)23(17-11-5)21(19)15-9-3;/h7-12H,1-6,13-18H2;1H/q+1;/p-1. The molecule has 1 heterocycles. The number of aromatic nitrogens is 1. The van der Waals surface area contributed by atoms with E-state index in [9.17, 15) is 0 Å². The number of halogens is 1. The molecule has 0 aliphatic heterocycles. The first kappa shape index (κ1) is 23.1. The molecule has 0 unspecified atom stereocenters. The van der Waals surface area contributed by atoms with Crippen LogP contribution in [0.25, 0.3) is 0 Å². The molecule has 0 amide bonds. The zero-order chi connectivity index (χ0) is 17.9. The van der Waals surface area contributed by atoms with E-state index in [1.807, 2.05) is 36.5 Å². The third-order valence-corrected chi connectivity index (χ3v) is 4.11. The monoisotopic (exact) mass is 399 g/mol. The highest BCUT2D eigenvalue weighted by atomic mass is 79.9. The molecule has 0 fully saturated rings. The van der Waals surface area contributed by atoms with Gasteiger partial charge in [0, 0.05) is 11.1 Å². The maximum absolute atomic E-state index is 3.95. The summed E-state index contributed by atoms with van der Waals surface area (Å²) in [4.78, 5) is 0. The molecule has 1 rings (SSSR count). The summed E-state index contributed by atoms with van der Waals surface area (Å²) in [5.74, 6) is 0. The van der Waals surface area contributed by atoms with E-state index in [2.05, 4.69) is 44.0 Å². The molecule has 1 aromatic rings. The van der Waals surface area contributed by atoms with Gasteiger partial charge in [0.1, 0.15) is 0 Å². The van der Waals surface area contributed by atoms with Gasteiger partial charge in [0.05, 0.1) is 12.8 Å². The molecule has 1 nitrogen and oxygen atoms in total. The molecule has 0 atom stereocenters. The third kappa shape index (κ3) is 5.54. The fourth-order valence-corrected chi connectivity index (χ4v) is 3.27. The van der Waals surface area contributed by atoms with E-state index >= 15 is 0 Å². The highest BCUT2D eigenvalue weighted by molar-refractivity contribution is 5.42. The van der Waals surface area contributed by atoms with Crippen molar-refractivity contribution in [2.45, 2.75) is 38.6 Å². The van der Waals surface area contributed by atoms with Crippen molar-refractivity contribution in [2.75, 3.05) is 0 Å². The summed E-state index contributed by atoms with van der Waals surface area (Å²) >= 11 is 0. The summed E-state index contributed by atoms with van der Waals surface area (Å²) < 4.78 is 2.36. The molecular weight excluding hydrogens is 370 g/mol. The topological polar surface area (TPSA) is 3.88 Å². The molecule has 0 bridgehead atoms. The Hall–Kier alpha value is -1.93. The molecule has 0 aliphatic rings. The minimum absolute atomic E-state index is 0. The van der Waals surface area contributed by atoms with E-state index in [1.54, 1.807) is 0 Å². The van der Waals surface area contributed by atoms with Crippen LogP contribution in [0.5, 0.6) is 0 Å². The van der Waals surface area contributed by atoms with Gasteiger partial charge in [0.2, 0.25) is 0 Å². The first-order valence-corrected chi connectivity index (χ1v) is 8.43. The second-order valence-corrected chi connectivity index (χ2v) is 5.69. The van der Waals surface area contributed by atoms with Crippen molar-refractivity contribution in [1.82, 2.24) is 0 Å². The summed E-state index contributed by atoms with van der Waals surface area (Å²) in [6, 6.07) is 0. The zero-order valence-corrected chi connectivity index (χ0v) is 16.9. The van der Waals surface area contributed by atoms with E-state index in [4.69, 9.17) is 0 Å². The molecule has 0 saturated carbocycles. The number of hydrogen-bond donors (Lipinski definition) is 0. The highest BCUT2D eigenvalue weighted by Crippen LogP contribution is 2.24. The maximum atomic E-state index is 3.95. The fraction of sp³-hybridized carbons (Fsp3) is 0.261. The largest absolute Gasteiger partial charge is 1.00 e. The Kier molecular flexibility index (Phi) is 11.5. The van der Waals surface area contributed by atoms with Crippen LogP contribution in [0.3, 0.4) is 0 Å². The minimum atomic E-state index is 0. The Morgan fingerprint density at radius 2 is 0.880 bits per heavy atom. The minimum Gasteiger partial charge on any atom is -1.00 e. The van der Waals surface area contributed by atoms with Gasteiger partial charge in [0.25, 0.3) is 0 Å². The van der Waals surface area contributed by atoms with Crippen molar-refractivity contribution in [3.63, 3.8) is 0 Å².